The Morgan fingerprint density at radius 3 is 2.76 bits per heavy atom. The molecule has 1 amide bonds. The molecular weight excluding hydrogens is 214 g/mol. The molecule has 0 aromatic carbocycles. The number of hydrogen-bond donors (Lipinski definition) is 2. The molecule has 1 rings (SSSR count). The lowest BCUT2D eigenvalue weighted by molar-refractivity contribution is 0.0929. The zero-order chi connectivity index (χ0) is 12.8. The van der Waals surface area contributed by atoms with Crippen molar-refractivity contribution in [3.05, 3.63) is 18.0 Å². The molecule has 0 aliphatic rings. The van der Waals surface area contributed by atoms with Crippen LogP contribution in [0.15, 0.2) is 12.3 Å². The van der Waals surface area contributed by atoms with Crippen LogP contribution in [-0.2, 0) is 7.05 Å². The summed E-state index contributed by atoms with van der Waals surface area (Å²) in [4.78, 5) is 11.9. The molecule has 0 saturated heterocycles. The number of aryl methyl sites for hydroxylation is 1. The van der Waals surface area contributed by atoms with Gasteiger partial charge < -0.3 is 15.6 Å². The van der Waals surface area contributed by atoms with Gasteiger partial charge in [0.25, 0.3) is 5.91 Å². The van der Waals surface area contributed by atoms with Crippen molar-refractivity contribution in [2.75, 3.05) is 5.73 Å². The van der Waals surface area contributed by atoms with Crippen molar-refractivity contribution < 1.29 is 4.79 Å². The van der Waals surface area contributed by atoms with Crippen LogP contribution in [0.25, 0.3) is 0 Å². The van der Waals surface area contributed by atoms with E-state index < -0.39 is 0 Å². The molecule has 1 unspecified atom stereocenters. The first-order chi connectivity index (χ1) is 8.04. The van der Waals surface area contributed by atoms with Crippen LogP contribution in [0.1, 0.15) is 50.0 Å². The highest BCUT2D eigenvalue weighted by Crippen LogP contribution is 2.09. The number of nitrogens with zero attached hydrogens (tertiary/aromatic N) is 1. The number of nitrogen functional groups attached to an aromatic ring is 1. The summed E-state index contributed by atoms with van der Waals surface area (Å²) in [5, 5.41) is 2.99. The Morgan fingerprint density at radius 1 is 1.53 bits per heavy atom. The average molecular weight is 237 g/mol. The number of aromatic nitrogens is 1. The number of nitrogens with two attached hydrogens (primary N) is 1. The topological polar surface area (TPSA) is 60.1 Å². The third-order valence-corrected chi connectivity index (χ3v) is 2.88. The summed E-state index contributed by atoms with van der Waals surface area (Å²) in [5.41, 5.74) is 6.88. The van der Waals surface area contributed by atoms with Gasteiger partial charge in [-0.15, -0.1) is 0 Å². The Hall–Kier alpha value is -1.45. The minimum absolute atomic E-state index is 0.0480. The number of carbonyl (C=O) groups excluding carboxylic acids is 1. The van der Waals surface area contributed by atoms with Crippen molar-refractivity contribution in [2.24, 2.45) is 7.05 Å². The lowest BCUT2D eigenvalue weighted by Gasteiger charge is -2.13. The lowest BCUT2D eigenvalue weighted by Crippen LogP contribution is -2.33. The first-order valence-electron chi connectivity index (χ1n) is 6.27. The monoisotopic (exact) mass is 237 g/mol. The largest absolute Gasteiger partial charge is 0.397 e. The predicted molar refractivity (Wildman–Crippen MR) is 70.9 cm³/mol. The van der Waals surface area contributed by atoms with Gasteiger partial charge in [0, 0.05) is 19.3 Å². The number of nitrogens with one attached hydrogen (secondary N) is 1. The fraction of sp³-hybridized carbons (Fsp3) is 0.615. The highest BCUT2D eigenvalue weighted by atomic mass is 16.2. The van der Waals surface area contributed by atoms with E-state index in [9.17, 15) is 4.79 Å². The Kier molecular flexibility index (Phi) is 5.07. The van der Waals surface area contributed by atoms with Crippen molar-refractivity contribution in [1.82, 2.24) is 9.88 Å². The fourth-order valence-electron chi connectivity index (χ4n) is 1.89. The van der Waals surface area contributed by atoms with E-state index in [0.717, 1.165) is 12.8 Å². The Balaban J connectivity index is 2.46. The van der Waals surface area contributed by atoms with E-state index in [-0.39, 0.29) is 11.9 Å². The van der Waals surface area contributed by atoms with Crippen LogP contribution in [0, 0.1) is 0 Å². The minimum atomic E-state index is -0.0480. The van der Waals surface area contributed by atoms with Gasteiger partial charge in [-0.25, -0.2) is 0 Å². The summed E-state index contributed by atoms with van der Waals surface area (Å²) in [7, 11) is 1.83. The number of anilines is 1. The van der Waals surface area contributed by atoms with E-state index in [2.05, 4.69) is 12.2 Å². The summed E-state index contributed by atoms with van der Waals surface area (Å²) in [6.07, 6.45) is 6.36. The molecule has 4 nitrogen and oxygen atoms in total. The maximum atomic E-state index is 11.9. The molecule has 96 valence electrons. The quantitative estimate of drug-likeness (QED) is 0.746. The van der Waals surface area contributed by atoms with Gasteiger partial charge in [-0.1, -0.05) is 26.2 Å². The molecule has 0 radical (unpaired) electrons. The van der Waals surface area contributed by atoms with Gasteiger partial charge in [0.15, 0.2) is 0 Å². The van der Waals surface area contributed by atoms with E-state index in [0.29, 0.717) is 11.4 Å². The van der Waals surface area contributed by atoms with Crippen LogP contribution in [0.3, 0.4) is 0 Å². The molecule has 0 bridgehead atoms. The number of hydrogen-bond acceptors (Lipinski definition) is 2. The highest BCUT2D eigenvalue weighted by Gasteiger charge is 2.13. The standard InChI is InChI=1S/C13H23N3O/c1-4-5-6-7-10(2)15-13(17)12-8-11(14)9-16(12)3/h8-10H,4-7,14H2,1-3H3,(H,15,17). The van der Waals surface area contributed by atoms with E-state index in [1.54, 1.807) is 16.8 Å². The van der Waals surface area contributed by atoms with E-state index in [4.69, 9.17) is 5.73 Å². The molecule has 3 N–H and O–H groups in total. The Morgan fingerprint density at radius 2 is 2.24 bits per heavy atom. The molecule has 0 saturated carbocycles. The van der Waals surface area contributed by atoms with Crippen LogP contribution >= 0.6 is 0 Å². The maximum Gasteiger partial charge on any atom is 0.268 e. The third kappa shape index (κ3) is 4.13. The molecule has 1 aromatic heterocycles. The molecule has 1 heterocycles. The number of rotatable bonds is 6. The van der Waals surface area contributed by atoms with Crippen molar-refractivity contribution in [3.8, 4) is 0 Å². The average Bonchev–Trinajstić information content (AvgIpc) is 2.58. The van der Waals surface area contributed by atoms with Crippen LogP contribution in [-0.4, -0.2) is 16.5 Å². The zero-order valence-electron chi connectivity index (χ0n) is 11.0. The molecule has 0 fully saturated rings. The van der Waals surface area contributed by atoms with E-state index >= 15 is 0 Å². The molecule has 0 aliphatic carbocycles. The van der Waals surface area contributed by atoms with Crippen LogP contribution in [0.5, 0.6) is 0 Å². The van der Waals surface area contributed by atoms with Crippen LogP contribution in [0.4, 0.5) is 5.69 Å². The highest BCUT2D eigenvalue weighted by molar-refractivity contribution is 5.93. The van der Waals surface area contributed by atoms with Crippen LogP contribution in [0.2, 0.25) is 0 Å². The SMILES string of the molecule is CCCCCC(C)NC(=O)c1cc(N)cn1C. The second-order valence-corrected chi connectivity index (χ2v) is 4.64. The first kappa shape index (κ1) is 13.6. The van der Waals surface area contributed by atoms with Crippen LogP contribution < -0.4 is 11.1 Å². The normalized spacial score (nSPS) is 12.4. The molecule has 0 spiro atoms. The molecule has 1 atom stereocenters. The van der Waals surface area contributed by atoms with Gasteiger partial charge in [-0.05, 0) is 19.4 Å². The van der Waals surface area contributed by atoms with Gasteiger partial charge >= 0.3 is 0 Å². The molecule has 17 heavy (non-hydrogen) atoms. The Labute approximate surface area is 103 Å². The number of amides is 1. The summed E-state index contributed by atoms with van der Waals surface area (Å²) >= 11 is 0. The third-order valence-electron chi connectivity index (χ3n) is 2.88. The molecule has 0 aliphatic heterocycles. The van der Waals surface area contributed by atoms with Crippen molar-refractivity contribution >= 4 is 11.6 Å². The number of carbonyl (C=O) groups is 1. The Bertz CT molecular complexity index is 371. The lowest BCUT2D eigenvalue weighted by atomic mass is 10.1. The molecular formula is C13H23N3O. The smallest absolute Gasteiger partial charge is 0.268 e. The summed E-state index contributed by atoms with van der Waals surface area (Å²) < 4.78 is 1.75. The van der Waals surface area contributed by atoms with Crippen molar-refractivity contribution in [2.45, 2.75) is 45.6 Å². The van der Waals surface area contributed by atoms with Gasteiger partial charge in [0.1, 0.15) is 5.69 Å². The first-order valence-corrected chi connectivity index (χ1v) is 6.27. The number of unbranched alkanes of at least 4 members (excludes halogenated alkanes) is 2. The maximum absolute atomic E-state index is 11.9. The second kappa shape index (κ2) is 6.33. The van der Waals surface area contributed by atoms with E-state index in [1.165, 1.54) is 12.8 Å². The van der Waals surface area contributed by atoms with E-state index in [1.807, 2.05) is 14.0 Å². The molecule has 4 heteroatoms. The van der Waals surface area contributed by atoms with Gasteiger partial charge in [-0.3, -0.25) is 4.79 Å². The summed E-state index contributed by atoms with van der Waals surface area (Å²) in [6, 6.07) is 1.92. The predicted octanol–water partition coefficient (Wildman–Crippen LogP) is 2.31. The van der Waals surface area contributed by atoms with Crippen molar-refractivity contribution in [1.29, 1.82) is 0 Å². The molecule has 1 aromatic rings. The zero-order valence-corrected chi connectivity index (χ0v) is 11.0. The summed E-state index contributed by atoms with van der Waals surface area (Å²) in [5.74, 6) is -0.0480. The van der Waals surface area contributed by atoms with Gasteiger partial charge in [0.05, 0.1) is 5.69 Å². The minimum Gasteiger partial charge on any atom is -0.397 e. The summed E-state index contributed by atoms with van der Waals surface area (Å²) in [6.45, 7) is 4.22. The second-order valence-electron chi connectivity index (χ2n) is 4.64. The fourth-order valence-corrected chi connectivity index (χ4v) is 1.89. The van der Waals surface area contributed by atoms with Gasteiger partial charge in [-0.2, -0.15) is 0 Å². The van der Waals surface area contributed by atoms with Gasteiger partial charge in [0.2, 0.25) is 0 Å². The van der Waals surface area contributed by atoms with Crippen molar-refractivity contribution in [3.63, 3.8) is 0 Å².